The summed E-state index contributed by atoms with van der Waals surface area (Å²) in [5.41, 5.74) is 6.40. The van der Waals surface area contributed by atoms with E-state index in [0.29, 0.717) is 65.2 Å². The van der Waals surface area contributed by atoms with E-state index in [1.165, 1.54) is 31.6 Å². The molecule has 0 amide bonds. The van der Waals surface area contributed by atoms with Crippen LogP contribution in [-0.4, -0.2) is 77.8 Å². The molecule has 6 rings (SSSR count). The van der Waals surface area contributed by atoms with Gasteiger partial charge in [-0.05, 0) is 60.4 Å². The van der Waals surface area contributed by atoms with Crippen molar-refractivity contribution >= 4 is 31.4 Å². The Labute approximate surface area is 377 Å². The lowest BCUT2D eigenvalue weighted by atomic mass is 10.0. The van der Waals surface area contributed by atoms with Crippen LogP contribution in [0.4, 0.5) is 11.4 Å². The SMILES string of the molecule is CCCCCC#C/C=C/S(=O)(=O)N1CCN(c2ccc(Oc3ccc(N4CCN(S(=O)(=O)/C=C/C#CCCCCC)CC4)cc3Cc3ccccc3)c(Cc3ccccc3)c2)CC1. The van der Waals surface area contributed by atoms with E-state index in [2.05, 4.69) is 95.9 Å². The number of ether oxygens (including phenoxy) is 1. The normalized spacial score (nSPS) is 15.3. The van der Waals surface area contributed by atoms with Gasteiger partial charge in [0.2, 0.25) is 20.0 Å². The quantitative estimate of drug-likeness (QED) is 0.0727. The maximum Gasteiger partial charge on any atom is 0.236 e. The molecule has 11 heteroatoms. The molecular formula is C52H62N4O5S2. The summed E-state index contributed by atoms with van der Waals surface area (Å²) in [5.74, 6) is 13.4. The second kappa shape index (κ2) is 24.0. The van der Waals surface area contributed by atoms with Crippen molar-refractivity contribution in [3.8, 4) is 35.2 Å². The molecule has 0 aromatic heterocycles. The first-order valence-corrected chi connectivity index (χ1v) is 25.5. The lowest BCUT2D eigenvalue weighted by Gasteiger charge is -2.35. The summed E-state index contributed by atoms with van der Waals surface area (Å²) in [6.07, 6.45) is 12.4. The van der Waals surface area contributed by atoms with E-state index < -0.39 is 20.0 Å². The molecule has 4 aromatic rings. The summed E-state index contributed by atoms with van der Waals surface area (Å²) in [6, 6.07) is 33.2. The van der Waals surface area contributed by atoms with E-state index in [-0.39, 0.29) is 0 Å². The van der Waals surface area contributed by atoms with Gasteiger partial charge in [0.25, 0.3) is 0 Å². The van der Waals surface area contributed by atoms with E-state index in [4.69, 9.17) is 4.74 Å². The predicted octanol–water partition coefficient (Wildman–Crippen LogP) is 9.76. The molecule has 2 saturated heterocycles. The molecule has 9 nitrogen and oxygen atoms in total. The van der Waals surface area contributed by atoms with Gasteiger partial charge in [-0.25, -0.2) is 16.8 Å². The smallest absolute Gasteiger partial charge is 0.236 e. The van der Waals surface area contributed by atoms with Gasteiger partial charge in [0.05, 0.1) is 10.8 Å². The number of rotatable bonds is 18. The summed E-state index contributed by atoms with van der Waals surface area (Å²) in [5, 5.41) is 2.47. The number of allylic oxidation sites excluding steroid dienone is 2. The molecule has 2 heterocycles. The van der Waals surface area contributed by atoms with E-state index in [1.807, 2.05) is 48.5 Å². The summed E-state index contributed by atoms with van der Waals surface area (Å²) in [7, 11) is -7.12. The molecule has 0 unspecified atom stereocenters. The van der Waals surface area contributed by atoms with Crippen LogP contribution in [0.1, 0.15) is 87.5 Å². The van der Waals surface area contributed by atoms with Crippen LogP contribution in [0.25, 0.3) is 0 Å². The van der Waals surface area contributed by atoms with Gasteiger partial charge >= 0.3 is 0 Å². The predicted molar refractivity (Wildman–Crippen MR) is 259 cm³/mol. The number of unbranched alkanes of at least 4 members (excludes halogenated alkanes) is 6. The first-order valence-electron chi connectivity index (χ1n) is 22.5. The number of nitrogens with zero attached hydrogens (tertiary/aromatic N) is 4. The Morgan fingerprint density at radius 2 is 0.921 bits per heavy atom. The molecule has 0 saturated carbocycles. The Morgan fingerprint density at radius 1 is 0.524 bits per heavy atom. The van der Waals surface area contributed by atoms with Gasteiger partial charge in [-0.15, -0.1) is 0 Å². The average Bonchev–Trinajstić information content (AvgIpc) is 3.30. The zero-order valence-electron chi connectivity index (χ0n) is 36.9. The number of hydrogen-bond acceptors (Lipinski definition) is 7. The molecule has 63 heavy (non-hydrogen) atoms. The van der Waals surface area contributed by atoms with Crippen molar-refractivity contribution in [1.82, 2.24) is 8.61 Å². The van der Waals surface area contributed by atoms with Gasteiger partial charge in [-0.1, -0.05) is 124 Å². The third-order valence-corrected chi connectivity index (χ3v) is 14.5. The highest BCUT2D eigenvalue weighted by molar-refractivity contribution is 7.92. The number of anilines is 2. The fourth-order valence-electron chi connectivity index (χ4n) is 7.75. The third-order valence-electron chi connectivity index (χ3n) is 11.4. The third kappa shape index (κ3) is 14.4. The molecule has 0 atom stereocenters. The molecule has 0 aliphatic carbocycles. The summed E-state index contributed by atoms with van der Waals surface area (Å²) < 4.78 is 62.4. The zero-order chi connectivity index (χ0) is 44.3. The summed E-state index contributed by atoms with van der Waals surface area (Å²) >= 11 is 0. The van der Waals surface area contributed by atoms with Crippen molar-refractivity contribution in [2.24, 2.45) is 0 Å². The minimum absolute atomic E-state index is 0.383. The van der Waals surface area contributed by atoms with Gasteiger partial charge in [0, 0.05) is 113 Å². The molecular weight excluding hydrogens is 825 g/mol. The van der Waals surface area contributed by atoms with Crippen LogP contribution < -0.4 is 14.5 Å². The van der Waals surface area contributed by atoms with Crippen LogP contribution >= 0.6 is 0 Å². The fourth-order valence-corrected chi connectivity index (χ4v) is 9.92. The minimum Gasteiger partial charge on any atom is -0.457 e. The molecule has 0 N–H and O–H groups in total. The Kier molecular flexibility index (Phi) is 17.9. The van der Waals surface area contributed by atoms with Crippen LogP contribution in [0, 0.1) is 23.7 Å². The number of hydrogen-bond donors (Lipinski definition) is 0. The van der Waals surface area contributed by atoms with Crippen molar-refractivity contribution in [3.63, 3.8) is 0 Å². The standard InChI is InChI=1S/C52H62N4O5S2/c1-3-5-7-9-11-13-21-39-62(57,58)55-35-31-53(32-36-55)49-27-29-51(47(43-49)41-45-23-17-15-18-24-45)61-52-30-28-50(44-48(52)42-46-25-19-16-20-26-46)54-33-37-56(38-34-54)63(59,60)40-22-14-12-10-8-6-4-2/h15-30,39-40,43-44H,3-10,31-38,41-42H2,1-2H3/b39-21+,40-22+. The lowest BCUT2D eigenvalue weighted by Crippen LogP contribution is -2.48. The van der Waals surface area contributed by atoms with Gasteiger partial charge in [0.1, 0.15) is 11.5 Å². The highest BCUT2D eigenvalue weighted by Crippen LogP contribution is 2.36. The van der Waals surface area contributed by atoms with Crippen molar-refractivity contribution < 1.29 is 21.6 Å². The summed E-state index contributed by atoms with van der Waals surface area (Å²) in [6.45, 7) is 8.08. The van der Waals surface area contributed by atoms with Crippen LogP contribution in [0.5, 0.6) is 11.5 Å². The van der Waals surface area contributed by atoms with E-state index >= 15 is 0 Å². The van der Waals surface area contributed by atoms with E-state index in [9.17, 15) is 16.8 Å². The number of benzene rings is 4. The molecule has 2 aliphatic rings. The average molecular weight is 887 g/mol. The topological polar surface area (TPSA) is 90.5 Å². The Morgan fingerprint density at radius 3 is 1.30 bits per heavy atom. The molecule has 332 valence electrons. The van der Waals surface area contributed by atoms with Gasteiger partial charge in [-0.3, -0.25) is 0 Å². The molecule has 2 aliphatic heterocycles. The second-order valence-corrected chi connectivity index (χ2v) is 19.7. The summed E-state index contributed by atoms with van der Waals surface area (Å²) in [4.78, 5) is 4.48. The Hall–Kier alpha value is -5.30. The maximum absolute atomic E-state index is 13.1. The molecule has 0 spiro atoms. The minimum atomic E-state index is -3.56. The molecule has 0 radical (unpaired) electrons. The van der Waals surface area contributed by atoms with Crippen LogP contribution in [0.15, 0.2) is 120 Å². The highest BCUT2D eigenvalue weighted by Gasteiger charge is 2.27. The van der Waals surface area contributed by atoms with Crippen LogP contribution in [0.2, 0.25) is 0 Å². The van der Waals surface area contributed by atoms with Gasteiger partial charge < -0.3 is 14.5 Å². The largest absolute Gasteiger partial charge is 0.457 e. The van der Waals surface area contributed by atoms with Crippen molar-refractivity contribution in [3.05, 3.63) is 142 Å². The second-order valence-electron chi connectivity index (χ2n) is 16.0. The molecule has 0 bridgehead atoms. The van der Waals surface area contributed by atoms with Crippen LogP contribution in [-0.2, 0) is 32.9 Å². The van der Waals surface area contributed by atoms with E-state index in [0.717, 1.165) is 96.5 Å². The van der Waals surface area contributed by atoms with Crippen molar-refractivity contribution in [2.45, 2.75) is 78.1 Å². The first kappa shape index (κ1) is 47.2. The number of sulfonamides is 2. The number of piperazine rings is 2. The molecule has 2 fully saturated rings. The van der Waals surface area contributed by atoms with E-state index in [1.54, 1.807) is 0 Å². The molecule has 4 aromatic carbocycles. The Balaban J connectivity index is 1.18. The highest BCUT2D eigenvalue weighted by atomic mass is 32.2. The lowest BCUT2D eigenvalue weighted by molar-refractivity contribution is 0.389. The zero-order valence-corrected chi connectivity index (χ0v) is 38.6. The van der Waals surface area contributed by atoms with Gasteiger partial charge in [-0.2, -0.15) is 8.61 Å². The van der Waals surface area contributed by atoms with Crippen LogP contribution in [0.3, 0.4) is 0 Å². The Bertz CT molecular complexity index is 2310. The van der Waals surface area contributed by atoms with Crippen molar-refractivity contribution in [1.29, 1.82) is 0 Å². The maximum atomic E-state index is 13.1. The van der Waals surface area contributed by atoms with Crippen molar-refractivity contribution in [2.75, 3.05) is 62.2 Å². The fraction of sp³-hybridized carbons (Fsp3) is 0.385. The first-order chi connectivity index (χ1) is 30.6. The monoisotopic (exact) mass is 886 g/mol. The van der Waals surface area contributed by atoms with Gasteiger partial charge in [0.15, 0.2) is 0 Å².